The van der Waals surface area contributed by atoms with Crippen LogP contribution in [0.5, 0.6) is 0 Å². The second-order valence-electron chi connectivity index (χ2n) is 10.5. The number of nitrogens with zero attached hydrogens (tertiary/aromatic N) is 5. The number of benzene rings is 1. The summed E-state index contributed by atoms with van der Waals surface area (Å²) < 4.78 is 13.5. The van der Waals surface area contributed by atoms with Gasteiger partial charge in [-0.3, -0.25) is 14.4 Å². The third-order valence-corrected chi connectivity index (χ3v) is 6.93. The van der Waals surface area contributed by atoms with Crippen molar-refractivity contribution in [3.8, 4) is 0 Å². The van der Waals surface area contributed by atoms with Gasteiger partial charge >= 0.3 is 6.09 Å². The first-order chi connectivity index (χ1) is 16.7. The third-order valence-electron chi connectivity index (χ3n) is 6.93. The Morgan fingerprint density at radius 3 is 2.46 bits per heavy atom. The van der Waals surface area contributed by atoms with Crippen molar-refractivity contribution in [2.45, 2.75) is 65.1 Å². The van der Waals surface area contributed by atoms with Gasteiger partial charge in [-0.25, -0.2) is 4.79 Å². The smallest absolute Gasteiger partial charge is 0.414 e. The SMILES string of the molecule is CC(=O)N1CCc2c(c(N3CCN(C(=O)OC(C)(C)C)c4ccccc43)nn2C2CCOCC2)C1. The molecule has 1 aromatic carbocycles. The second-order valence-corrected chi connectivity index (χ2v) is 10.5. The molecule has 0 saturated carbocycles. The van der Waals surface area contributed by atoms with E-state index >= 15 is 0 Å². The van der Waals surface area contributed by atoms with Crippen LogP contribution in [0.15, 0.2) is 24.3 Å². The highest BCUT2D eigenvalue weighted by Gasteiger charge is 2.36. The van der Waals surface area contributed by atoms with Crippen LogP contribution in [0.3, 0.4) is 0 Å². The number of para-hydroxylation sites is 2. The Bertz CT molecular complexity index is 1120. The molecule has 0 N–H and O–H groups in total. The normalized spacial score (nSPS) is 18.8. The van der Waals surface area contributed by atoms with E-state index in [0.717, 1.165) is 55.2 Å². The molecule has 3 aliphatic rings. The molecule has 4 heterocycles. The molecule has 188 valence electrons. The van der Waals surface area contributed by atoms with Crippen molar-refractivity contribution in [1.82, 2.24) is 14.7 Å². The number of ether oxygens (including phenoxy) is 2. The largest absolute Gasteiger partial charge is 0.443 e. The van der Waals surface area contributed by atoms with Crippen molar-refractivity contribution in [3.63, 3.8) is 0 Å². The standard InChI is InChI=1S/C26H35N5O4/c1-18(32)28-12-9-21-20(17-28)24(27-31(21)19-10-15-34-16-11-19)29-13-14-30(25(33)35-26(2,3)4)23-8-6-5-7-22(23)29/h5-8,19H,9-17H2,1-4H3. The number of anilines is 3. The van der Waals surface area contributed by atoms with Crippen LogP contribution in [0.1, 0.15) is 57.8 Å². The van der Waals surface area contributed by atoms with Crippen molar-refractivity contribution >= 4 is 29.2 Å². The zero-order valence-electron chi connectivity index (χ0n) is 21.1. The minimum atomic E-state index is -0.569. The van der Waals surface area contributed by atoms with E-state index in [2.05, 4.69) is 9.58 Å². The van der Waals surface area contributed by atoms with Gasteiger partial charge in [0.2, 0.25) is 5.91 Å². The average molecular weight is 482 g/mol. The lowest BCUT2D eigenvalue weighted by Crippen LogP contribution is -2.45. The number of carbonyl (C=O) groups excluding carboxylic acids is 2. The number of carbonyl (C=O) groups is 2. The maximum Gasteiger partial charge on any atom is 0.414 e. The minimum absolute atomic E-state index is 0.0792. The zero-order valence-corrected chi connectivity index (χ0v) is 21.1. The van der Waals surface area contributed by atoms with Crippen LogP contribution in [0.25, 0.3) is 0 Å². The van der Waals surface area contributed by atoms with Crippen LogP contribution in [0, 0.1) is 0 Å². The van der Waals surface area contributed by atoms with Crippen LogP contribution in [0.2, 0.25) is 0 Å². The Morgan fingerprint density at radius 1 is 1.06 bits per heavy atom. The fraction of sp³-hybridized carbons (Fsp3) is 0.577. The van der Waals surface area contributed by atoms with Gasteiger partial charge in [0, 0.05) is 57.4 Å². The lowest BCUT2D eigenvalue weighted by molar-refractivity contribution is -0.129. The van der Waals surface area contributed by atoms with Gasteiger partial charge in [-0.2, -0.15) is 5.10 Å². The number of fused-ring (bicyclic) bond motifs is 2. The maximum atomic E-state index is 13.0. The summed E-state index contributed by atoms with van der Waals surface area (Å²) >= 11 is 0. The number of hydrogen-bond donors (Lipinski definition) is 0. The first kappa shape index (κ1) is 23.7. The van der Waals surface area contributed by atoms with Crippen molar-refractivity contribution in [2.75, 3.05) is 42.6 Å². The predicted molar refractivity (Wildman–Crippen MR) is 133 cm³/mol. The Morgan fingerprint density at radius 2 is 1.77 bits per heavy atom. The Hall–Kier alpha value is -3.07. The molecule has 3 aliphatic heterocycles. The monoisotopic (exact) mass is 481 g/mol. The third kappa shape index (κ3) is 4.61. The molecule has 2 aromatic rings. The highest BCUT2D eigenvalue weighted by molar-refractivity contribution is 5.95. The fourth-order valence-electron chi connectivity index (χ4n) is 5.23. The van der Waals surface area contributed by atoms with E-state index in [-0.39, 0.29) is 12.0 Å². The predicted octanol–water partition coefficient (Wildman–Crippen LogP) is 4.03. The highest BCUT2D eigenvalue weighted by atomic mass is 16.6. The summed E-state index contributed by atoms with van der Waals surface area (Å²) in [5.74, 6) is 0.962. The topological polar surface area (TPSA) is 80.1 Å². The first-order valence-electron chi connectivity index (χ1n) is 12.5. The van der Waals surface area contributed by atoms with Crippen LogP contribution < -0.4 is 9.80 Å². The van der Waals surface area contributed by atoms with Gasteiger partial charge in [-0.15, -0.1) is 0 Å². The molecule has 5 rings (SSSR count). The maximum absolute atomic E-state index is 13.0. The molecule has 0 unspecified atom stereocenters. The van der Waals surface area contributed by atoms with Gasteiger partial charge in [-0.05, 0) is 45.7 Å². The molecule has 0 aliphatic carbocycles. The molecule has 9 heteroatoms. The van der Waals surface area contributed by atoms with Crippen molar-refractivity contribution < 1.29 is 19.1 Å². The van der Waals surface area contributed by atoms with Crippen LogP contribution in [-0.4, -0.2) is 65.1 Å². The average Bonchev–Trinajstić information content (AvgIpc) is 3.21. The van der Waals surface area contributed by atoms with E-state index in [1.54, 1.807) is 11.8 Å². The lowest BCUT2D eigenvalue weighted by Gasteiger charge is -2.38. The van der Waals surface area contributed by atoms with Gasteiger partial charge in [0.05, 0.1) is 24.0 Å². The van der Waals surface area contributed by atoms with Crippen LogP contribution >= 0.6 is 0 Å². The van der Waals surface area contributed by atoms with Gasteiger partial charge < -0.3 is 19.3 Å². The van der Waals surface area contributed by atoms with Crippen molar-refractivity contribution in [3.05, 3.63) is 35.5 Å². The summed E-state index contributed by atoms with van der Waals surface area (Å²) in [6.07, 6.45) is 2.32. The van der Waals surface area contributed by atoms with Crippen molar-refractivity contribution in [1.29, 1.82) is 0 Å². The summed E-state index contributed by atoms with van der Waals surface area (Å²) in [5.41, 5.74) is 3.49. The number of rotatable bonds is 2. The summed E-state index contributed by atoms with van der Waals surface area (Å²) in [5, 5.41) is 5.18. The Labute approximate surface area is 206 Å². The van der Waals surface area contributed by atoms with Gasteiger partial charge in [0.1, 0.15) is 5.60 Å². The molecule has 1 aromatic heterocycles. The summed E-state index contributed by atoms with van der Waals surface area (Å²) in [6, 6.07) is 8.20. The quantitative estimate of drug-likeness (QED) is 0.644. The molecule has 0 atom stereocenters. The molecule has 0 bridgehead atoms. The Balaban J connectivity index is 1.54. The minimum Gasteiger partial charge on any atom is -0.443 e. The van der Waals surface area contributed by atoms with Crippen molar-refractivity contribution in [2.24, 2.45) is 0 Å². The van der Waals surface area contributed by atoms with E-state index in [0.29, 0.717) is 32.2 Å². The molecule has 1 saturated heterocycles. The van der Waals surface area contributed by atoms with Crippen LogP contribution in [0.4, 0.5) is 22.0 Å². The molecular weight excluding hydrogens is 446 g/mol. The fourth-order valence-corrected chi connectivity index (χ4v) is 5.23. The first-order valence-corrected chi connectivity index (χ1v) is 12.5. The van der Waals surface area contributed by atoms with E-state index in [9.17, 15) is 9.59 Å². The summed E-state index contributed by atoms with van der Waals surface area (Å²) in [6.45, 7) is 11.1. The number of amides is 2. The molecule has 0 radical (unpaired) electrons. The number of hydrogen-bond acceptors (Lipinski definition) is 6. The highest BCUT2D eigenvalue weighted by Crippen LogP contribution is 2.41. The summed E-state index contributed by atoms with van der Waals surface area (Å²) in [4.78, 5) is 31.0. The molecular formula is C26H35N5O4. The Kier molecular flexibility index (Phi) is 6.21. The summed E-state index contributed by atoms with van der Waals surface area (Å²) in [7, 11) is 0. The molecule has 35 heavy (non-hydrogen) atoms. The number of aromatic nitrogens is 2. The molecule has 9 nitrogen and oxygen atoms in total. The van der Waals surface area contributed by atoms with Gasteiger partial charge in [0.25, 0.3) is 0 Å². The lowest BCUT2D eigenvalue weighted by atomic mass is 10.0. The zero-order chi connectivity index (χ0) is 24.7. The van der Waals surface area contributed by atoms with E-state index in [1.807, 2.05) is 49.9 Å². The van der Waals surface area contributed by atoms with Gasteiger partial charge in [-0.1, -0.05) is 12.1 Å². The van der Waals surface area contributed by atoms with Crippen LogP contribution in [-0.2, 0) is 27.2 Å². The molecule has 1 fully saturated rings. The molecule has 0 spiro atoms. The van der Waals surface area contributed by atoms with E-state index in [4.69, 9.17) is 14.6 Å². The second kappa shape index (κ2) is 9.18. The molecule has 2 amide bonds. The van der Waals surface area contributed by atoms with Gasteiger partial charge in [0.15, 0.2) is 5.82 Å². The van der Waals surface area contributed by atoms with E-state index in [1.165, 1.54) is 5.69 Å². The van der Waals surface area contributed by atoms with E-state index < -0.39 is 5.60 Å².